The van der Waals surface area contributed by atoms with Crippen molar-refractivity contribution in [1.82, 2.24) is 9.78 Å². The molecule has 0 aliphatic heterocycles. The number of hydrogen-bond donors (Lipinski definition) is 2. The minimum atomic E-state index is -1.02. The van der Waals surface area contributed by atoms with Gasteiger partial charge in [0.1, 0.15) is 0 Å². The van der Waals surface area contributed by atoms with Gasteiger partial charge in [0, 0.05) is 18.9 Å². The largest absolute Gasteiger partial charge is 0.478 e. The maximum atomic E-state index is 12.4. The molecule has 6 heteroatoms. The van der Waals surface area contributed by atoms with Gasteiger partial charge in [-0.3, -0.25) is 9.48 Å². The fourth-order valence-electron chi connectivity index (χ4n) is 2.24. The predicted molar refractivity (Wildman–Crippen MR) is 83.4 cm³/mol. The van der Waals surface area contributed by atoms with E-state index >= 15 is 0 Å². The molecule has 1 aromatic heterocycles. The topological polar surface area (TPSA) is 84.2 Å². The van der Waals surface area contributed by atoms with Gasteiger partial charge in [-0.25, -0.2) is 4.79 Å². The first-order chi connectivity index (χ1) is 10.3. The summed E-state index contributed by atoms with van der Waals surface area (Å²) in [5.41, 5.74) is 2.48. The molecule has 116 valence electrons. The molecule has 0 aliphatic rings. The van der Waals surface area contributed by atoms with Gasteiger partial charge < -0.3 is 10.4 Å². The Balaban J connectivity index is 2.30. The summed E-state index contributed by atoms with van der Waals surface area (Å²) < 4.78 is 1.60. The highest BCUT2D eigenvalue weighted by molar-refractivity contribution is 6.05. The number of hydrogen-bond acceptors (Lipinski definition) is 3. The molecule has 0 atom stereocenters. The van der Waals surface area contributed by atoms with Gasteiger partial charge in [-0.1, -0.05) is 19.9 Å². The molecule has 2 aromatic rings. The van der Waals surface area contributed by atoms with Crippen LogP contribution in [0.3, 0.4) is 0 Å². The van der Waals surface area contributed by atoms with Crippen molar-refractivity contribution < 1.29 is 14.7 Å². The first kappa shape index (κ1) is 15.8. The number of benzene rings is 1. The molecular formula is C16H19N3O3. The average molecular weight is 301 g/mol. The van der Waals surface area contributed by atoms with E-state index in [0.717, 1.165) is 0 Å². The molecule has 1 aromatic carbocycles. The Morgan fingerprint density at radius 1 is 1.27 bits per heavy atom. The van der Waals surface area contributed by atoms with Crippen LogP contribution in [0.25, 0.3) is 0 Å². The van der Waals surface area contributed by atoms with Gasteiger partial charge in [-0.15, -0.1) is 0 Å². The molecule has 0 saturated carbocycles. The number of carbonyl (C=O) groups excluding carboxylic acids is 1. The van der Waals surface area contributed by atoms with Crippen LogP contribution in [0.1, 0.15) is 51.7 Å². The molecule has 2 rings (SSSR count). The SMILES string of the molecule is Cc1ccc(NC(=O)c2cn(C)nc2C(C)C)cc1C(=O)O. The molecule has 6 nitrogen and oxygen atoms in total. The number of nitrogens with zero attached hydrogens (tertiary/aromatic N) is 2. The Kier molecular flexibility index (Phi) is 4.30. The highest BCUT2D eigenvalue weighted by Crippen LogP contribution is 2.20. The van der Waals surface area contributed by atoms with Crippen LogP contribution in [0.4, 0.5) is 5.69 Å². The van der Waals surface area contributed by atoms with Crippen molar-refractivity contribution in [3.63, 3.8) is 0 Å². The van der Waals surface area contributed by atoms with Gasteiger partial charge >= 0.3 is 5.97 Å². The summed E-state index contributed by atoms with van der Waals surface area (Å²) in [6, 6.07) is 4.82. The molecule has 0 fully saturated rings. The molecule has 0 bridgehead atoms. The normalized spacial score (nSPS) is 10.8. The fraction of sp³-hybridized carbons (Fsp3) is 0.312. The van der Waals surface area contributed by atoms with E-state index in [9.17, 15) is 9.59 Å². The van der Waals surface area contributed by atoms with Crippen LogP contribution in [0, 0.1) is 6.92 Å². The zero-order valence-corrected chi connectivity index (χ0v) is 13.0. The van der Waals surface area contributed by atoms with Crippen molar-refractivity contribution in [2.75, 3.05) is 5.32 Å². The number of aryl methyl sites for hydroxylation is 2. The lowest BCUT2D eigenvalue weighted by Crippen LogP contribution is -2.14. The van der Waals surface area contributed by atoms with Crippen molar-refractivity contribution in [2.45, 2.75) is 26.7 Å². The highest BCUT2D eigenvalue weighted by atomic mass is 16.4. The standard InChI is InChI=1S/C16H19N3O3/c1-9(2)14-13(8-19(4)18-14)15(20)17-11-6-5-10(3)12(7-11)16(21)22/h5-9H,1-4H3,(H,17,20)(H,21,22). The lowest BCUT2D eigenvalue weighted by molar-refractivity contribution is 0.0695. The van der Waals surface area contributed by atoms with E-state index in [0.29, 0.717) is 22.5 Å². The van der Waals surface area contributed by atoms with Crippen LogP contribution in [0.2, 0.25) is 0 Å². The molecule has 1 heterocycles. The summed E-state index contributed by atoms with van der Waals surface area (Å²) in [5.74, 6) is -1.19. The van der Waals surface area contributed by atoms with Crippen LogP contribution in [0.5, 0.6) is 0 Å². The summed E-state index contributed by atoms with van der Waals surface area (Å²) >= 11 is 0. The Labute approximate surface area is 128 Å². The molecule has 22 heavy (non-hydrogen) atoms. The number of aromatic carboxylic acids is 1. The number of rotatable bonds is 4. The third-order valence-electron chi connectivity index (χ3n) is 3.37. The van der Waals surface area contributed by atoms with Gasteiger partial charge in [0.15, 0.2) is 0 Å². The zero-order chi connectivity index (χ0) is 16.4. The fourth-order valence-corrected chi connectivity index (χ4v) is 2.24. The molecular weight excluding hydrogens is 282 g/mol. The van der Waals surface area contributed by atoms with Gasteiger partial charge in [-0.05, 0) is 30.5 Å². The second-order valence-electron chi connectivity index (χ2n) is 5.55. The lowest BCUT2D eigenvalue weighted by Gasteiger charge is -2.09. The van der Waals surface area contributed by atoms with Crippen LogP contribution in [-0.2, 0) is 7.05 Å². The van der Waals surface area contributed by atoms with Crippen LogP contribution in [-0.4, -0.2) is 26.8 Å². The molecule has 1 amide bonds. The monoisotopic (exact) mass is 301 g/mol. The first-order valence-electron chi connectivity index (χ1n) is 6.98. The van der Waals surface area contributed by atoms with E-state index in [1.165, 1.54) is 6.07 Å². The Morgan fingerprint density at radius 3 is 2.55 bits per heavy atom. The zero-order valence-electron chi connectivity index (χ0n) is 13.0. The Bertz CT molecular complexity index is 732. The first-order valence-corrected chi connectivity index (χ1v) is 6.98. The second-order valence-corrected chi connectivity index (χ2v) is 5.55. The molecule has 2 N–H and O–H groups in total. The van der Waals surface area contributed by atoms with Crippen LogP contribution in [0.15, 0.2) is 24.4 Å². The van der Waals surface area contributed by atoms with Crippen molar-refractivity contribution in [1.29, 1.82) is 0 Å². The van der Waals surface area contributed by atoms with E-state index in [2.05, 4.69) is 10.4 Å². The number of carboxylic acids is 1. The Hall–Kier alpha value is -2.63. The van der Waals surface area contributed by atoms with Crippen molar-refractivity contribution in [3.8, 4) is 0 Å². The minimum absolute atomic E-state index is 0.120. The van der Waals surface area contributed by atoms with Gasteiger partial charge in [-0.2, -0.15) is 5.10 Å². The number of amides is 1. The second kappa shape index (κ2) is 6.01. The van der Waals surface area contributed by atoms with Gasteiger partial charge in [0.05, 0.1) is 16.8 Å². The Morgan fingerprint density at radius 2 is 1.95 bits per heavy atom. The average Bonchev–Trinajstić information content (AvgIpc) is 2.83. The summed E-state index contributed by atoms with van der Waals surface area (Å²) in [6.45, 7) is 5.65. The molecule has 0 radical (unpaired) electrons. The van der Waals surface area contributed by atoms with E-state index in [1.807, 2.05) is 13.8 Å². The number of nitrogens with one attached hydrogen (secondary N) is 1. The number of aromatic nitrogens is 2. The molecule has 0 aliphatic carbocycles. The maximum Gasteiger partial charge on any atom is 0.336 e. The van der Waals surface area contributed by atoms with E-state index in [-0.39, 0.29) is 17.4 Å². The number of carbonyl (C=O) groups is 2. The number of carboxylic acid groups (broad SMARTS) is 1. The molecule has 0 unspecified atom stereocenters. The van der Waals surface area contributed by atoms with E-state index < -0.39 is 5.97 Å². The van der Waals surface area contributed by atoms with E-state index in [1.54, 1.807) is 37.0 Å². The third-order valence-corrected chi connectivity index (χ3v) is 3.37. The summed E-state index contributed by atoms with van der Waals surface area (Å²) in [4.78, 5) is 23.6. The van der Waals surface area contributed by atoms with Crippen molar-refractivity contribution >= 4 is 17.6 Å². The van der Waals surface area contributed by atoms with Gasteiger partial charge in [0.25, 0.3) is 5.91 Å². The highest BCUT2D eigenvalue weighted by Gasteiger charge is 2.18. The quantitative estimate of drug-likeness (QED) is 0.909. The number of anilines is 1. The van der Waals surface area contributed by atoms with Gasteiger partial charge in [0.2, 0.25) is 0 Å². The molecule has 0 saturated heterocycles. The van der Waals surface area contributed by atoms with Crippen LogP contribution >= 0.6 is 0 Å². The third kappa shape index (κ3) is 3.16. The van der Waals surface area contributed by atoms with Crippen molar-refractivity contribution in [2.24, 2.45) is 7.05 Å². The maximum absolute atomic E-state index is 12.4. The lowest BCUT2D eigenvalue weighted by atomic mass is 10.1. The molecule has 0 spiro atoms. The summed E-state index contributed by atoms with van der Waals surface area (Å²) in [7, 11) is 1.76. The van der Waals surface area contributed by atoms with Crippen molar-refractivity contribution in [3.05, 3.63) is 46.8 Å². The smallest absolute Gasteiger partial charge is 0.336 e. The minimum Gasteiger partial charge on any atom is -0.478 e. The summed E-state index contributed by atoms with van der Waals surface area (Å²) in [5, 5.41) is 16.2. The van der Waals surface area contributed by atoms with E-state index in [4.69, 9.17) is 5.11 Å². The summed E-state index contributed by atoms with van der Waals surface area (Å²) in [6.07, 6.45) is 1.66. The van der Waals surface area contributed by atoms with Crippen LogP contribution < -0.4 is 5.32 Å². The predicted octanol–water partition coefficient (Wildman–Crippen LogP) is 2.80.